The number of fused-ring (bicyclic) bond motifs is 1. The molecule has 0 bridgehead atoms. The zero-order valence-electron chi connectivity index (χ0n) is 11.6. The average molecular weight is 270 g/mol. The van der Waals surface area contributed by atoms with Crippen LogP contribution in [0.2, 0.25) is 0 Å². The van der Waals surface area contributed by atoms with Crippen LogP contribution in [0.3, 0.4) is 0 Å². The number of nitrogens with two attached hydrogens (primary N) is 1. The molecule has 1 heterocycles. The van der Waals surface area contributed by atoms with Gasteiger partial charge in [-0.25, -0.2) is 0 Å². The largest absolute Gasteiger partial charge is 0.506 e. The summed E-state index contributed by atoms with van der Waals surface area (Å²) in [4.78, 5) is 0. The molecule has 0 aliphatic carbocycles. The highest BCUT2D eigenvalue weighted by atomic mass is 16.3. The number of hydrogen-bond donors (Lipinski definition) is 3. The highest BCUT2D eigenvalue weighted by molar-refractivity contribution is 5.81. The molecule has 0 spiro atoms. The van der Waals surface area contributed by atoms with Gasteiger partial charge in [-0.05, 0) is 42.8 Å². The Balaban J connectivity index is 1.85. The predicted octanol–water partition coefficient (Wildman–Crippen LogP) is 2.65. The standard InChI is InChI=1S/C15H18N4O/c1-10-3-6-15(20)12(7-10)17-9-19-14-8-11(16)4-5-13(14)18(19)2/h3-8,17,20H,9,16H2,1-2H3. The Kier molecular flexibility index (Phi) is 2.82. The number of benzene rings is 2. The summed E-state index contributed by atoms with van der Waals surface area (Å²) >= 11 is 0. The third kappa shape index (κ3) is 1.97. The minimum Gasteiger partial charge on any atom is -0.506 e. The molecule has 0 amide bonds. The van der Waals surface area contributed by atoms with Crippen molar-refractivity contribution in [2.75, 3.05) is 11.1 Å². The molecule has 1 aromatic heterocycles. The van der Waals surface area contributed by atoms with Crippen molar-refractivity contribution >= 4 is 22.4 Å². The first-order chi connectivity index (χ1) is 9.56. The molecule has 0 fully saturated rings. The van der Waals surface area contributed by atoms with Crippen LogP contribution in [0.15, 0.2) is 36.4 Å². The van der Waals surface area contributed by atoms with Crippen LogP contribution in [0.5, 0.6) is 5.75 Å². The lowest BCUT2D eigenvalue weighted by Crippen LogP contribution is -2.24. The van der Waals surface area contributed by atoms with Crippen molar-refractivity contribution in [3.8, 4) is 5.75 Å². The van der Waals surface area contributed by atoms with E-state index in [0.29, 0.717) is 6.67 Å². The molecule has 0 aliphatic rings. The van der Waals surface area contributed by atoms with Crippen LogP contribution in [-0.2, 0) is 13.7 Å². The number of aromatic nitrogens is 2. The van der Waals surface area contributed by atoms with Crippen LogP contribution in [0.1, 0.15) is 5.56 Å². The van der Waals surface area contributed by atoms with Crippen LogP contribution in [0.25, 0.3) is 11.0 Å². The number of nitrogens with zero attached hydrogens (tertiary/aromatic N) is 2. The minimum absolute atomic E-state index is 0.256. The first-order valence-electron chi connectivity index (χ1n) is 6.50. The van der Waals surface area contributed by atoms with Crippen molar-refractivity contribution in [1.29, 1.82) is 0 Å². The average Bonchev–Trinajstić information content (AvgIpc) is 2.42. The fraction of sp³-hybridized carbons (Fsp3) is 0.200. The van der Waals surface area contributed by atoms with E-state index >= 15 is 0 Å². The van der Waals surface area contributed by atoms with E-state index in [2.05, 4.69) is 14.7 Å². The topological polar surface area (TPSA) is 68.1 Å². The van der Waals surface area contributed by atoms with Crippen molar-refractivity contribution in [3.63, 3.8) is 0 Å². The molecule has 3 aromatic rings. The Labute approximate surface area is 117 Å². The van der Waals surface area contributed by atoms with E-state index in [1.807, 2.05) is 44.3 Å². The Morgan fingerprint density at radius 3 is 2.75 bits per heavy atom. The van der Waals surface area contributed by atoms with Crippen molar-refractivity contribution in [3.05, 3.63) is 42.0 Å². The smallest absolute Gasteiger partial charge is 0.138 e. The third-order valence-corrected chi connectivity index (χ3v) is 3.56. The molecule has 0 aliphatic heterocycles. The van der Waals surface area contributed by atoms with Gasteiger partial charge in [0.1, 0.15) is 12.4 Å². The summed E-state index contributed by atoms with van der Waals surface area (Å²) in [6, 6.07) is 11.4. The zero-order valence-corrected chi connectivity index (χ0v) is 11.6. The lowest BCUT2D eigenvalue weighted by molar-refractivity contribution is 0.474. The maximum Gasteiger partial charge on any atom is 0.138 e. The van der Waals surface area contributed by atoms with Gasteiger partial charge >= 0.3 is 0 Å². The van der Waals surface area contributed by atoms with Gasteiger partial charge in [0.2, 0.25) is 0 Å². The van der Waals surface area contributed by atoms with Gasteiger partial charge in [-0.2, -0.15) is 0 Å². The van der Waals surface area contributed by atoms with Crippen molar-refractivity contribution in [2.45, 2.75) is 13.6 Å². The van der Waals surface area contributed by atoms with Crippen molar-refractivity contribution in [2.24, 2.45) is 7.05 Å². The maximum atomic E-state index is 9.83. The predicted molar refractivity (Wildman–Crippen MR) is 81.8 cm³/mol. The first kappa shape index (κ1) is 12.5. The number of rotatable bonds is 3. The van der Waals surface area contributed by atoms with Gasteiger partial charge in [0.25, 0.3) is 0 Å². The highest BCUT2D eigenvalue weighted by Gasteiger charge is 2.10. The maximum absolute atomic E-state index is 9.83. The summed E-state index contributed by atoms with van der Waals surface area (Å²) in [6.45, 7) is 2.57. The molecular formula is C15H18N4O. The lowest BCUT2D eigenvalue weighted by atomic mass is 10.2. The SMILES string of the molecule is Cc1ccc(O)c(NCn2c3cc(N)ccc3n2C)c1. The molecule has 104 valence electrons. The summed E-state index contributed by atoms with van der Waals surface area (Å²) in [7, 11) is 2.00. The van der Waals surface area contributed by atoms with Gasteiger partial charge in [-0.1, -0.05) is 6.07 Å². The van der Waals surface area contributed by atoms with Crippen molar-refractivity contribution in [1.82, 2.24) is 9.36 Å². The summed E-state index contributed by atoms with van der Waals surface area (Å²) in [5.41, 5.74) is 10.6. The number of anilines is 2. The molecular weight excluding hydrogens is 252 g/mol. The summed E-state index contributed by atoms with van der Waals surface area (Å²) < 4.78 is 4.11. The van der Waals surface area contributed by atoms with Crippen LogP contribution < -0.4 is 11.1 Å². The van der Waals surface area contributed by atoms with E-state index < -0.39 is 0 Å². The second-order valence-electron chi connectivity index (χ2n) is 5.03. The van der Waals surface area contributed by atoms with Gasteiger partial charge in [0.15, 0.2) is 0 Å². The van der Waals surface area contributed by atoms with E-state index in [1.165, 1.54) is 0 Å². The lowest BCUT2D eigenvalue weighted by Gasteiger charge is -2.25. The quantitative estimate of drug-likeness (QED) is 0.506. The van der Waals surface area contributed by atoms with Crippen LogP contribution in [0.4, 0.5) is 11.4 Å². The number of aryl methyl sites for hydroxylation is 2. The summed E-state index contributed by atoms with van der Waals surface area (Å²) in [5, 5.41) is 13.1. The number of aromatic hydroxyl groups is 1. The van der Waals surface area contributed by atoms with E-state index in [1.54, 1.807) is 6.07 Å². The van der Waals surface area contributed by atoms with Crippen LogP contribution >= 0.6 is 0 Å². The molecule has 5 heteroatoms. The monoisotopic (exact) mass is 270 g/mol. The van der Waals surface area contributed by atoms with Crippen LogP contribution in [-0.4, -0.2) is 14.5 Å². The summed E-state index contributed by atoms with van der Waals surface area (Å²) in [6.07, 6.45) is 0. The molecule has 0 saturated heterocycles. The third-order valence-electron chi connectivity index (χ3n) is 3.56. The first-order valence-corrected chi connectivity index (χ1v) is 6.50. The van der Waals surface area contributed by atoms with Crippen LogP contribution in [0, 0.1) is 6.92 Å². The van der Waals surface area contributed by atoms with Crippen molar-refractivity contribution < 1.29 is 5.11 Å². The minimum atomic E-state index is 0.256. The fourth-order valence-corrected chi connectivity index (χ4v) is 2.41. The zero-order chi connectivity index (χ0) is 14.3. The molecule has 3 rings (SSSR count). The molecule has 4 N–H and O–H groups in total. The number of nitrogen functional groups attached to an aromatic ring is 1. The number of phenols is 1. The Morgan fingerprint density at radius 1 is 1.15 bits per heavy atom. The molecule has 0 atom stereocenters. The van der Waals surface area contributed by atoms with E-state index in [4.69, 9.17) is 5.73 Å². The Hall–Kier alpha value is -2.56. The highest BCUT2D eigenvalue weighted by Crippen LogP contribution is 2.25. The number of nitrogens with one attached hydrogen (secondary N) is 1. The van der Waals surface area contributed by atoms with Gasteiger partial charge in [0.05, 0.1) is 16.7 Å². The van der Waals surface area contributed by atoms with E-state index in [9.17, 15) is 5.11 Å². The van der Waals surface area contributed by atoms with E-state index in [-0.39, 0.29) is 5.75 Å². The molecule has 0 saturated carbocycles. The number of phenolic OH excluding ortho intramolecular Hbond substituents is 1. The normalized spacial score (nSPS) is 11.1. The van der Waals surface area contributed by atoms with E-state index in [0.717, 1.165) is 28.0 Å². The second-order valence-corrected chi connectivity index (χ2v) is 5.03. The second kappa shape index (κ2) is 4.52. The molecule has 2 aromatic carbocycles. The Morgan fingerprint density at radius 2 is 1.95 bits per heavy atom. The molecule has 20 heavy (non-hydrogen) atoms. The fourth-order valence-electron chi connectivity index (χ4n) is 2.41. The molecule has 0 unspecified atom stereocenters. The summed E-state index contributed by atoms with van der Waals surface area (Å²) in [5.74, 6) is 0.256. The van der Waals surface area contributed by atoms with Gasteiger partial charge in [-0.15, -0.1) is 0 Å². The molecule has 5 nitrogen and oxygen atoms in total. The van der Waals surface area contributed by atoms with Gasteiger partial charge in [-0.3, -0.25) is 9.36 Å². The van der Waals surface area contributed by atoms with Gasteiger partial charge in [0, 0.05) is 12.7 Å². The number of hydrogen-bond acceptors (Lipinski definition) is 3. The Bertz CT molecular complexity index is 770. The van der Waals surface area contributed by atoms with Gasteiger partial charge < -0.3 is 16.2 Å². The molecule has 0 radical (unpaired) electrons.